The lowest BCUT2D eigenvalue weighted by Gasteiger charge is -2.22. The Morgan fingerprint density at radius 3 is 2.67 bits per heavy atom. The quantitative estimate of drug-likeness (QED) is 0.857. The SMILES string of the molecule is O=S(=O)(CC1CCNCC1)Nc1cnc(Br)cn1. The molecule has 1 aliphatic rings. The van der Waals surface area contributed by atoms with Gasteiger partial charge < -0.3 is 5.32 Å². The van der Waals surface area contributed by atoms with Gasteiger partial charge in [-0.15, -0.1) is 0 Å². The van der Waals surface area contributed by atoms with Crippen LogP contribution in [0.4, 0.5) is 5.82 Å². The van der Waals surface area contributed by atoms with E-state index in [0.717, 1.165) is 25.9 Å². The van der Waals surface area contributed by atoms with E-state index in [1.54, 1.807) is 0 Å². The Balaban J connectivity index is 1.96. The molecule has 0 aromatic carbocycles. The van der Waals surface area contributed by atoms with Gasteiger partial charge in [0, 0.05) is 0 Å². The molecule has 2 N–H and O–H groups in total. The first-order valence-corrected chi connectivity index (χ1v) is 8.18. The summed E-state index contributed by atoms with van der Waals surface area (Å²) in [6, 6.07) is 0. The van der Waals surface area contributed by atoms with Crippen LogP contribution in [0.15, 0.2) is 17.0 Å². The van der Waals surface area contributed by atoms with Gasteiger partial charge in [0.2, 0.25) is 10.0 Å². The van der Waals surface area contributed by atoms with Gasteiger partial charge in [0.15, 0.2) is 5.82 Å². The molecule has 0 aliphatic carbocycles. The Labute approximate surface area is 115 Å². The van der Waals surface area contributed by atoms with Gasteiger partial charge in [0.05, 0.1) is 18.1 Å². The van der Waals surface area contributed by atoms with Gasteiger partial charge in [0.1, 0.15) is 4.60 Å². The molecular formula is C10H15BrN4O2S. The summed E-state index contributed by atoms with van der Waals surface area (Å²) < 4.78 is 26.9. The fourth-order valence-electron chi connectivity index (χ4n) is 1.92. The standard InChI is InChI=1S/C10H15BrN4O2S/c11-9-5-14-10(6-13-9)15-18(16,17)7-8-1-3-12-4-2-8/h5-6,8,12H,1-4,7H2,(H,14,15). The largest absolute Gasteiger partial charge is 0.317 e. The summed E-state index contributed by atoms with van der Waals surface area (Å²) >= 11 is 3.15. The molecule has 0 unspecified atom stereocenters. The highest BCUT2D eigenvalue weighted by atomic mass is 79.9. The number of piperidine rings is 1. The number of aromatic nitrogens is 2. The van der Waals surface area contributed by atoms with Crippen LogP contribution < -0.4 is 10.0 Å². The Bertz CT molecular complexity index is 485. The van der Waals surface area contributed by atoms with Crippen LogP contribution >= 0.6 is 15.9 Å². The predicted octanol–water partition coefficient (Wildman–Crippen LogP) is 0.980. The normalized spacial score (nSPS) is 17.6. The fourth-order valence-corrected chi connectivity index (χ4v) is 3.59. The second-order valence-electron chi connectivity index (χ2n) is 4.30. The molecule has 2 heterocycles. The number of nitrogens with zero attached hydrogens (tertiary/aromatic N) is 2. The Morgan fingerprint density at radius 1 is 1.33 bits per heavy atom. The maximum Gasteiger partial charge on any atom is 0.234 e. The summed E-state index contributed by atoms with van der Waals surface area (Å²) in [4.78, 5) is 7.87. The van der Waals surface area contributed by atoms with Crippen molar-refractivity contribution in [2.45, 2.75) is 12.8 Å². The first-order valence-electron chi connectivity index (χ1n) is 5.74. The molecule has 1 aromatic rings. The van der Waals surface area contributed by atoms with Gasteiger partial charge in [-0.1, -0.05) is 0 Å². The topological polar surface area (TPSA) is 84.0 Å². The van der Waals surface area contributed by atoms with E-state index in [4.69, 9.17) is 0 Å². The molecule has 8 heteroatoms. The lowest BCUT2D eigenvalue weighted by molar-refractivity contribution is 0.402. The minimum Gasteiger partial charge on any atom is -0.317 e. The monoisotopic (exact) mass is 334 g/mol. The van der Waals surface area contributed by atoms with Gasteiger partial charge >= 0.3 is 0 Å². The number of halogens is 1. The van der Waals surface area contributed by atoms with Gasteiger partial charge in [0.25, 0.3) is 0 Å². The van der Waals surface area contributed by atoms with E-state index in [-0.39, 0.29) is 17.5 Å². The minimum absolute atomic E-state index is 0.145. The van der Waals surface area contributed by atoms with E-state index in [2.05, 4.69) is 35.9 Å². The fraction of sp³-hybridized carbons (Fsp3) is 0.600. The van der Waals surface area contributed by atoms with E-state index in [1.807, 2.05) is 0 Å². The van der Waals surface area contributed by atoms with Crippen LogP contribution in [0.1, 0.15) is 12.8 Å². The average molecular weight is 335 g/mol. The summed E-state index contributed by atoms with van der Waals surface area (Å²) in [6.07, 6.45) is 4.65. The third-order valence-corrected chi connectivity index (χ3v) is 4.63. The number of rotatable bonds is 4. The molecule has 100 valence electrons. The van der Waals surface area contributed by atoms with Crippen molar-refractivity contribution in [3.63, 3.8) is 0 Å². The summed E-state index contributed by atoms with van der Waals surface area (Å²) in [6.45, 7) is 1.77. The van der Waals surface area contributed by atoms with Crippen molar-refractivity contribution in [1.82, 2.24) is 15.3 Å². The molecule has 18 heavy (non-hydrogen) atoms. The predicted molar refractivity (Wildman–Crippen MR) is 72.7 cm³/mol. The number of hydrogen-bond acceptors (Lipinski definition) is 5. The summed E-state index contributed by atoms with van der Waals surface area (Å²) in [7, 11) is -3.34. The number of hydrogen-bond donors (Lipinski definition) is 2. The van der Waals surface area contributed by atoms with E-state index in [9.17, 15) is 8.42 Å². The van der Waals surface area contributed by atoms with Gasteiger partial charge in [-0.25, -0.2) is 18.4 Å². The van der Waals surface area contributed by atoms with Gasteiger partial charge in [-0.05, 0) is 47.8 Å². The Morgan fingerprint density at radius 2 is 2.06 bits per heavy atom. The molecule has 0 radical (unpaired) electrons. The highest BCUT2D eigenvalue weighted by Crippen LogP contribution is 2.16. The van der Waals surface area contributed by atoms with Crippen molar-refractivity contribution in [2.24, 2.45) is 5.92 Å². The second kappa shape index (κ2) is 5.94. The van der Waals surface area contributed by atoms with E-state index in [1.165, 1.54) is 12.4 Å². The van der Waals surface area contributed by atoms with Crippen molar-refractivity contribution in [3.05, 3.63) is 17.0 Å². The van der Waals surface area contributed by atoms with Crippen LogP contribution in [0, 0.1) is 5.92 Å². The number of anilines is 1. The highest BCUT2D eigenvalue weighted by Gasteiger charge is 2.21. The molecule has 1 aliphatic heterocycles. The van der Waals surface area contributed by atoms with Crippen LogP contribution in [0.3, 0.4) is 0 Å². The van der Waals surface area contributed by atoms with Crippen molar-refractivity contribution >= 4 is 31.8 Å². The number of sulfonamides is 1. The Kier molecular flexibility index (Phi) is 4.52. The molecule has 0 bridgehead atoms. The third-order valence-electron chi connectivity index (χ3n) is 2.79. The van der Waals surface area contributed by atoms with Crippen LogP contribution in [-0.2, 0) is 10.0 Å². The Hall–Kier alpha value is -0.730. The van der Waals surface area contributed by atoms with Gasteiger partial charge in [-0.2, -0.15) is 0 Å². The maximum atomic E-state index is 11.9. The third kappa shape index (κ3) is 4.18. The summed E-state index contributed by atoms with van der Waals surface area (Å²) in [5.41, 5.74) is 0. The zero-order valence-electron chi connectivity index (χ0n) is 9.76. The first kappa shape index (κ1) is 13.7. The lowest BCUT2D eigenvalue weighted by atomic mass is 10.0. The highest BCUT2D eigenvalue weighted by molar-refractivity contribution is 9.10. The van der Waals surface area contributed by atoms with Crippen LogP contribution in [-0.4, -0.2) is 37.2 Å². The van der Waals surface area contributed by atoms with Crippen molar-refractivity contribution < 1.29 is 8.42 Å². The molecule has 1 aromatic heterocycles. The zero-order valence-corrected chi connectivity index (χ0v) is 12.2. The molecule has 0 saturated carbocycles. The van der Waals surface area contributed by atoms with E-state index in [0.29, 0.717) is 4.60 Å². The molecule has 0 amide bonds. The van der Waals surface area contributed by atoms with Crippen LogP contribution in [0.25, 0.3) is 0 Å². The summed E-state index contributed by atoms with van der Waals surface area (Å²) in [5, 5.41) is 3.21. The maximum absolute atomic E-state index is 11.9. The molecule has 2 rings (SSSR count). The van der Waals surface area contributed by atoms with E-state index >= 15 is 0 Å². The number of nitrogens with one attached hydrogen (secondary N) is 2. The van der Waals surface area contributed by atoms with Gasteiger partial charge in [-0.3, -0.25) is 4.72 Å². The zero-order chi connectivity index (χ0) is 13.0. The lowest BCUT2D eigenvalue weighted by Crippen LogP contribution is -2.33. The first-order chi connectivity index (χ1) is 8.55. The molecule has 1 fully saturated rings. The van der Waals surface area contributed by atoms with Crippen molar-refractivity contribution in [3.8, 4) is 0 Å². The smallest absolute Gasteiger partial charge is 0.234 e. The van der Waals surface area contributed by atoms with E-state index < -0.39 is 10.0 Å². The van der Waals surface area contributed by atoms with Crippen LogP contribution in [0.2, 0.25) is 0 Å². The van der Waals surface area contributed by atoms with Crippen LogP contribution in [0.5, 0.6) is 0 Å². The molecule has 0 atom stereocenters. The van der Waals surface area contributed by atoms with Crippen molar-refractivity contribution in [2.75, 3.05) is 23.6 Å². The second-order valence-corrected chi connectivity index (χ2v) is 6.88. The minimum atomic E-state index is -3.34. The molecule has 6 nitrogen and oxygen atoms in total. The molecular weight excluding hydrogens is 320 g/mol. The molecule has 1 saturated heterocycles. The van der Waals surface area contributed by atoms with Crippen molar-refractivity contribution in [1.29, 1.82) is 0 Å². The summed E-state index contributed by atoms with van der Waals surface area (Å²) in [5.74, 6) is 0.617. The average Bonchev–Trinajstić information content (AvgIpc) is 2.32. The molecule has 0 spiro atoms.